The smallest absolute Gasteiger partial charge is 0.410 e. The lowest BCUT2D eigenvalue weighted by molar-refractivity contribution is 0.0214. The number of amides is 1. The number of piperidine rings is 1. The molecule has 1 aliphatic heterocycles. The van der Waals surface area contributed by atoms with E-state index >= 15 is 0 Å². The molecule has 1 fully saturated rings. The predicted molar refractivity (Wildman–Crippen MR) is 121 cm³/mol. The molecular weight excluding hydrogens is 459 g/mol. The van der Waals surface area contributed by atoms with Gasteiger partial charge in [-0.15, -0.1) is 24.0 Å². The molecule has 160 valence electrons. The van der Waals surface area contributed by atoms with Gasteiger partial charge in [-0.2, -0.15) is 0 Å². The Hall–Kier alpha value is -0.770. The van der Waals surface area contributed by atoms with Crippen molar-refractivity contribution in [2.75, 3.05) is 53.5 Å². The first-order valence-electron chi connectivity index (χ1n) is 9.73. The number of carbonyl (C=O) groups excluding carboxylic acids is 1. The average molecular weight is 498 g/mol. The van der Waals surface area contributed by atoms with Crippen molar-refractivity contribution in [1.82, 2.24) is 15.1 Å². The fraction of sp³-hybridized carbons (Fsp3) is 0.895. The second-order valence-electron chi connectivity index (χ2n) is 7.77. The van der Waals surface area contributed by atoms with Crippen molar-refractivity contribution in [3.05, 3.63) is 0 Å². The number of halogens is 1. The maximum absolute atomic E-state index is 12.3. The lowest BCUT2D eigenvalue weighted by Crippen LogP contribution is -2.48. The van der Waals surface area contributed by atoms with Gasteiger partial charge in [0.2, 0.25) is 0 Å². The van der Waals surface area contributed by atoms with Gasteiger partial charge >= 0.3 is 6.09 Å². The van der Waals surface area contributed by atoms with Crippen LogP contribution in [-0.4, -0.2) is 80.9 Å². The third-order valence-corrected chi connectivity index (χ3v) is 4.45. The zero-order valence-corrected chi connectivity index (χ0v) is 20.2. The standard InChI is InChI=1S/C19H38N4O3.HI/c1-7-22(18(24)26-19(2,3)4)15-16-9-12-23(13-10-16)17(20-5)21-11-8-14-25-6;/h16H,7-15H2,1-6H3,(H,20,21);1H. The first-order chi connectivity index (χ1) is 12.3. The monoisotopic (exact) mass is 498 g/mol. The van der Waals surface area contributed by atoms with E-state index in [2.05, 4.69) is 15.2 Å². The summed E-state index contributed by atoms with van der Waals surface area (Å²) in [6, 6.07) is 0. The van der Waals surface area contributed by atoms with Crippen LogP contribution in [0.15, 0.2) is 4.99 Å². The number of carbonyl (C=O) groups is 1. The molecule has 0 aromatic carbocycles. The van der Waals surface area contributed by atoms with Gasteiger partial charge in [-0.25, -0.2) is 4.79 Å². The van der Waals surface area contributed by atoms with Gasteiger partial charge in [0, 0.05) is 53.5 Å². The van der Waals surface area contributed by atoms with Crippen LogP contribution in [0.25, 0.3) is 0 Å². The molecule has 1 heterocycles. The van der Waals surface area contributed by atoms with Gasteiger partial charge in [0.15, 0.2) is 5.96 Å². The molecule has 0 radical (unpaired) electrons. The maximum Gasteiger partial charge on any atom is 0.410 e. The molecule has 1 aliphatic rings. The lowest BCUT2D eigenvalue weighted by Gasteiger charge is -2.36. The first kappa shape index (κ1) is 26.2. The van der Waals surface area contributed by atoms with Crippen molar-refractivity contribution in [1.29, 1.82) is 0 Å². The number of nitrogens with one attached hydrogen (secondary N) is 1. The predicted octanol–water partition coefficient (Wildman–Crippen LogP) is 3.19. The Bertz CT molecular complexity index is 447. The van der Waals surface area contributed by atoms with Crippen LogP contribution in [0.1, 0.15) is 47.0 Å². The molecule has 0 aromatic rings. The molecule has 0 spiro atoms. The largest absolute Gasteiger partial charge is 0.444 e. The van der Waals surface area contributed by atoms with E-state index in [9.17, 15) is 4.79 Å². The normalized spacial score (nSPS) is 15.9. The molecule has 1 amide bonds. The van der Waals surface area contributed by atoms with Crippen LogP contribution in [0.2, 0.25) is 0 Å². The van der Waals surface area contributed by atoms with Crippen molar-refractivity contribution >= 4 is 36.0 Å². The van der Waals surface area contributed by atoms with Gasteiger partial charge in [0.05, 0.1) is 0 Å². The first-order valence-corrected chi connectivity index (χ1v) is 9.73. The molecule has 0 bridgehead atoms. The minimum absolute atomic E-state index is 0. The number of methoxy groups -OCH3 is 1. The Kier molecular flexibility index (Phi) is 13.0. The van der Waals surface area contributed by atoms with Crippen molar-refractivity contribution in [3.8, 4) is 0 Å². The van der Waals surface area contributed by atoms with Gasteiger partial charge in [-0.1, -0.05) is 0 Å². The molecular formula is C19H39IN4O3. The molecule has 0 aromatic heterocycles. The van der Waals surface area contributed by atoms with Gasteiger partial charge < -0.3 is 24.6 Å². The third kappa shape index (κ3) is 10.4. The molecule has 1 saturated heterocycles. The molecule has 27 heavy (non-hydrogen) atoms. The molecule has 0 unspecified atom stereocenters. The fourth-order valence-electron chi connectivity index (χ4n) is 3.05. The number of nitrogens with zero attached hydrogens (tertiary/aromatic N) is 3. The highest BCUT2D eigenvalue weighted by molar-refractivity contribution is 14.0. The molecule has 7 nitrogen and oxygen atoms in total. The number of rotatable bonds is 7. The van der Waals surface area contributed by atoms with Crippen LogP contribution < -0.4 is 5.32 Å². The minimum atomic E-state index is -0.450. The highest BCUT2D eigenvalue weighted by atomic mass is 127. The van der Waals surface area contributed by atoms with E-state index < -0.39 is 5.60 Å². The number of hydrogen-bond donors (Lipinski definition) is 1. The zero-order valence-electron chi connectivity index (χ0n) is 17.9. The van der Waals surface area contributed by atoms with Gasteiger partial charge in [-0.3, -0.25) is 4.99 Å². The van der Waals surface area contributed by atoms with E-state index in [1.165, 1.54) is 0 Å². The number of guanidine groups is 1. The summed E-state index contributed by atoms with van der Waals surface area (Å²) in [5, 5.41) is 3.40. The molecule has 1 N–H and O–H groups in total. The van der Waals surface area contributed by atoms with Crippen LogP contribution in [0.4, 0.5) is 4.79 Å². The molecule has 0 saturated carbocycles. The van der Waals surface area contributed by atoms with Crippen LogP contribution in [0.5, 0.6) is 0 Å². The Labute approximate surface area is 182 Å². The number of hydrogen-bond acceptors (Lipinski definition) is 4. The maximum atomic E-state index is 12.3. The quantitative estimate of drug-likeness (QED) is 0.253. The zero-order chi connectivity index (χ0) is 19.6. The number of likely N-dealkylation sites (tertiary alicyclic amines) is 1. The van der Waals surface area contributed by atoms with Crippen molar-refractivity contribution in [3.63, 3.8) is 0 Å². The van der Waals surface area contributed by atoms with Crippen LogP contribution >= 0.6 is 24.0 Å². The van der Waals surface area contributed by atoms with E-state index in [0.717, 1.165) is 58.0 Å². The summed E-state index contributed by atoms with van der Waals surface area (Å²) in [7, 11) is 3.54. The minimum Gasteiger partial charge on any atom is -0.444 e. The highest BCUT2D eigenvalue weighted by Gasteiger charge is 2.27. The molecule has 0 atom stereocenters. The van der Waals surface area contributed by atoms with Crippen LogP contribution in [0.3, 0.4) is 0 Å². The van der Waals surface area contributed by atoms with Gasteiger partial charge in [0.1, 0.15) is 5.60 Å². The van der Waals surface area contributed by atoms with Crippen LogP contribution in [-0.2, 0) is 9.47 Å². The Morgan fingerprint density at radius 3 is 2.41 bits per heavy atom. The van der Waals surface area contributed by atoms with E-state index in [0.29, 0.717) is 12.5 Å². The second-order valence-corrected chi connectivity index (χ2v) is 7.77. The van der Waals surface area contributed by atoms with Gasteiger partial charge in [-0.05, 0) is 52.9 Å². The Balaban J connectivity index is 0.00000676. The topological polar surface area (TPSA) is 66.4 Å². The summed E-state index contributed by atoms with van der Waals surface area (Å²) in [5.74, 6) is 1.46. The van der Waals surface area contributed by atoms with Crippen molar-refractivity contribution in [2.45, 2.75) is 52.6 Å². The second kappa shape index (κ2) is 13.4. The van der Waals surface area contributed by atoms with E-state index in [4.69, 9.17) is 9.47 Å². The number of aliphatic imine (C=N–C) groups is 1. The van der Waals surface area contributed by atoms with Gasteiger partial charge in [0.25, 0.3) is 0 Å². The van der Waals surface area contributed by atoms with E-state index in [1.807, 2.05) is 39.6 Å². The van der Waals surface area contributed by atoms with Crippen LogP contribution in [0, 0.1) is 5.92 Å². The average Bonchev–Trinajstić information content (AvgIpc) is 2.59. The Morgan fingerprint density at radius 1 is 1.30 bits per heavy atom. The summed E-state index contributed by atoms with van der Waals surface area (Å²) in [4.78, 5) is 20.8. The summed E-state index contributed by atoms with van der Waals surface area (Å²) >= 11 is 0. The van der Waals surface area contributed by atoms with Crippen molar-refractivity contribution in [2.24, 2.45) is 10.9 Å². The molecule has 0 aliphatic carbocycles. The Morgan fingerprint density at radius 2 is 1.93 bits per heavy atom. The third-order valence-electron chi connectivity index (χ3n) is 4.45. The summed E-state index contributed by atoms with van der Waals surface area (Å²) in [6.45, 7) is 12.7. The number of ether oxygens (including phenoxy) is 2. The fourth-order valence-corrected chi connectivity index (χ4v) is 3.05. The molecule has 8 heteroatoms. The lowest BCUT2D eigenvalue weighted by atomic mass is 9.96. The van der Waals surface area contributed by atoms with E-state index in [-0.39, 0.29) is 30.1 Å². The van der Waals surface area contributed by atoms with E-state index in [1.54, 1.807) is 7.11 Å². The summed E-state index contributed by atoms with van der Waals surface area (Å²) in [6.07, 6.45) is 2.86. The molecule has 1 rings (SSSR count). The van der Waals surface area contributed by atoms with Crippen molar-refractivity contribution < 1.29 is 14.3 Å². The highest BCUT2D eigenvalue weighted by Crippen LogP contribution is 2.20. The SMILES string of the molecule is CCN(CC1CCN(C(=NC)NCCCOC)CC1)C(=O)OC(C)(C)C.I. The summed E-state index contributed by atoms with van der Waals surface area (Å²) in [5.41, 5.74) is -0.450. The summed E-state index contributed by atoms with van der Waals surface area (Å²) < 4.78 is 10.6.